The Balaban J connectivity index is 1.88. The summed E-state index contributed by atoms with van der Waals surface area (Å²) in [6.45, 7) is 4.79. The highest BCUT2D eigenvalue weighted by Gasteiger charge is 2.23. The molecule has 0 radical (unpaired) electrons. The Bertz CT molecular complexity index is 1050. The predicted octanol–water partition coefficient (Wildman–Crippen LogP) is 4.26. The van der Waals surface area contributed by atoms with Gasteiger partial charge in [0.05, 0.1) is 6.61 Å². The number of pyridine rings is 1. The summed E-state index contributed by atoms with van der Waals surface area (Å²) in [5, 5.41) is 14.3. The first-order valence-corrected chi connectivity index (χ1v) is 10.6. The fourth-order valence-electron chi connectivity index (χ4n) is 3.31. The third-order valence-corrected chi connectivity index (χ3v) is 5.01. The molecule has 0 aliphatic rings. The Morgan fingerprint density at radius 1 is 1.09 bits per heavy atom. The normalized spacial score (nSPS) is 11.4. The zero-order valence-electron chi connectivity index (χ0n) is 18.4. The van der Waals surface area contributed by atoms with E-state index in [4.69, 9.17) is 15.9 Å². The quantitative estimate of drug-likeness (QED) is 0.217. The molecule has 1 heterocycles. The molecule has 7 nitrogen and oxygen atoms in total. The van der Waals surface area contributed by atoms with Crippen molar-refractivity contribution in [3.8, 4) is 0 Å². The minimum absolute atomic E-state index is 0.00141. The summed E-state index contributed by atoms with van der Waals surface area (Å²) in [7, 11) is 0. The van der Waals surface area contributed by atoms with E-state index < -0.39 is 6.04 Å². The maximum atomic E-state index is 12.8. The van der Waals surface area contributed by atoms with Crippen LogP contribution in [0.3, 0.4) is 0 Å². The summed E-state index contributed by atoms with van der Waals surface area (Å²) in [4.78, 5) is 17.0. The molecule has 0 bridgehead atoms. The summed E-state index contributed by atoms with van der Waals surface area (Å²) in [5.41, 5.74) is 10.8. The molecule has 5 N–H and O–H groups in total. The Kier molecular flexibility index (Phi) is 7.80. The average molecular weight is 432 g/mol. The van der Waals surface area contributed by atoms with Crippen LogP contribution in [0.2, 0.25) is 0 Å². The van der Waals surface area contributed by atoms with Crippen molar-refractivity contribution in [1.29, 1.82) is 5.41 Å². The van der Waals surface area contributed by atoms with Crippen LogP contribution in [-0.4, -0.2) is 23.4 Å². The lowest BCUT2D eigenvalue weighted by molar-refractivity contribution is -0.144. The first-order valence-electron chi connectivity index (χ1n) is 10.6. The average Bonchev–Trinajstić information content (AvgIpc) is 2.82. The van der Waals surface area contributed by atoms with Crippen LogP contribution in [0.5, 0.6) is 0 Å². The van der Waals surface area contributed by atoms with Crippen molar-refractivity contribution >= 4 is 23.2 Å². The van der Waals surface area contributed by atoms with E-state index in [1.54, 1.807) is 37.4 Å². The maximum absolute atomic E-state index is 12.8. The number of nitrogens with one attached hydrogen (secondary N) is 3. The van der Waals surface area contributed by atoms with Crippen LogP contribution in [0.4, 0.5) is 11.4 Å². The fourth-order valence-corrected chi connectivity index (χ4v) is 3.31. The number of carbonyl (C=O) groups excluding carboxylic acids is 1. The van der Waals surface area contributed by atoms with Crippen molar-refractivity contribution in [1.82, 2.24) is 4.98 Å². The molecule has 3 aromatic rings. The van der Waals surface area contributed by atoms with Gasteiger partial charge in [0, 0.05) is 35.9 Å². The lowest BCUT2D eigenvalue weighted by Gasteiger charge is -2.21. The molecule has 7 heteroatoms. The van der Waals surface area contributed by atoms with E-state index >= 15 is 0 Å². The van der Waals surface area contributed by atoms with Gasteiger partial charge >= 0.3 is 5.97 Å². The third-order valence-electron chi connectivity index (χ3n) is 5.01. The summed E-state index contributed by atoms with van der Waals surface area (Å²) in [6.07, 6.45) is 4.40. The summed E-state index contributed by atoms with van der Waals surface area (Å²) >= 11 is 0. The first-order chi connectivity index (χ1) is 15.5. The van der Waals surface area contributed by atoms with E-state index in [0.29, 0.717) is 18.7 Å². The SMILES string of the molecule is CCOC(=O)C(Nc1ccc(C(=N)N)cc1)c1cc(CC)cc(NCc2cccnc2)c1. The molecule has 32 heavy (non-hydrogen) atoms. The second kappa shape index (κ2) is 10.9. The van der Waals surface area contributed by atoms with Crippen LogP contribution < -0.4 is 16.4 Å². The predicted molar refractivity (Wildman–Crippen MR) is 128 cm³/mol. The number of nitrogen functional groups attached to an aromatic ring is 1. The van der Waals surface area contributed by atoms with E-state index in [1.807, 2.05) is 30.5 Å². The molecule has 0 spiro atoms. The minimum Gasteiger partial charge on any atom is -0.464 e. The number of benzene rings is 2. The molecule has 0 aliphatic carbocycles. The molecule has 0 saturated carbocycles. The topological polar surface area (TPSA) is 113 Å². The first kappa shape index (κ1) is 22.8. The standard InChI is InChI=1S/C25H29N5O2/c1-3-17-12-20(14-22(13-17)29-16-18-6-5-11-28-15-18)23(25(31)32-4-2)30-21-9-7-19(8-10-21)24(26)27/h5-15,23,29-30H,3-4,16H2,1-2H3,(H3,26,27). The van der Waals surface area contributed by atoms with Gasteiger partial charge in [0.25, 0.3) is 0 Å². The molecule has 1 atom stereocenters. The molecular weight excluding hydrogens is 402 g/mol. The molecule has 0 amide bonds. The van der Waals surface area contributed by atoms with E-state index in [2.05, 4.69) is 28.6 Å². The number of carbonyl (C=O) groups is 1. The van der Waals surface area contributed by atoms with Crippen LogP contribution in [0.25, 0.3) is 0 Å². The zero-order valence-corrected chi connectivity index (χ0v) is 18.4. The maximum Gasteiger partial charge on any atom is 0.333 e. The Morgan fingerprint density at radius 3 is 2.50 bits per heavy atom. The van der Waals surface area contributed by atoms with Gasteiger partial charge in [-0.05, 0) is 72.5 Å². The smallest absolute Gasteiger partial charge is 0.333 e. The number of hydrogen-bond acceptors (Lipinski definition) is 6. The number of esters is 1. The van der Waals surface area contributed by atoms with Gasteiger partial charge in [0.1, 0.15) is 5.84 Å². The lowest BCUT2D eigenvalue weighted by Crippen LogP contribution is -2.24. The van der Waals surface area contributed by atoms with Gasteiger partial charge < -0.3 is 21.1 Å². The third kappa shape index (κ3) is 6.07. The molecule has 0 saturated heterocycles. The van der Waals surface area contributed by atoms with Gasteiger partial charge in [-0.15, -0.1) is 0 Å². The molecule has 0 aliphatic heterocycles. The number of aryl methyl sites for hydroxylation is 1. The molecular formula is C25H29N5O2. The Hall–Kier alpha value is -3.87. The van der Waals surface area contributed by atoms with Gasteiger partial charge in [0.2, 0.25) is 0 Å². The van der Waals surface area contributed by atoms with Gasteiger partial charge in [-0.2, -0.15) is 0 Å². The number of nitrogens with zero attached hydrogens (tertiary/aromatic N) is 1. The van der Waals surface area contributed by atoms with Crippen molar-refractivity contribution < 1.29 is 9.53 Å². The van der Waals surface area contributed by atoms with Gasteiger partial charge in [-0.3, -0.25) is 10.4 Å². The monoisotopic (exact) mass is 431 g/mol. The van der Waals surface area contributed by atoms with Crippen molar-refractivity contribution in [2.45, 2.75) is 32.9 Å². The number of nitrogens with two attached hydrogens (primary N) is 1. The van der Waals surface area contributed by atoms with Gasteiger partial charge in [-0.25, -0.2) is 4.79 Å². The highest BCUT2D eigenvalue weighted by molar-refractivity contribution is 5.95. The van der Waals surface area contributed by atoms with E-state index in [9.17, 15) is 4.79 Å². The van der Waals surface area contributed by atoms with Crippen molar-refractivity contribution in [2.24, 2.45) is 5.73 Å². The Labute approximate surface area is 188 Å². The van der Waals surface area contributed by atoms with Gasteiger partial charge in [-0.1, -0.05) is 19.1 Å². The lowest BCUT2D eigenvalue weighted by atomic mass is 10.0. The van der Waals surface area contributed by atoms with Crippen LogP contribution in [0, 0.1) is 5.41 Å². The number of anilines is 2. The van der Waals surface area contributed by atoms with E-state index in [-0.39, 0.29) is 11.8 Å². The Morgan fingerprint density at radius 2 is 1.88 bits per heavy atom. The molecule has 3 rings (SSSR count). The van der Waals surface area contributed by atoms with Crippen LogP contribution in [0.15, 0.2) is 67.0 Å². The molecule has 1 aromatic heterocycles. The minimum atomic E-state index is -0.677. The van der Waals surface area contributed by atoms with E-state index in [0.717, 1.165) is 34.5 Å². The fraction of sp³-hybridized carbons (Fsp3) is 0.240. The van der Waals surface area contributed by atoms with Crippen LogP contribution in [0.1, 0.15) is 42.1 Å². The summed E-state index contributed by atoms with van der Waals surface area (Å²) < 4.78 is 5.35. The van der Waals surface area contributed by atoms with Crippen molar-refractivity contribution in [3.05, 3.63) is 89.2 Å². The number of rotatable bonds is 10. The van der Waals surface area contributed by atoms with E-state index in [1.165, 1.54) is 0 Å². The second-order valence-corrected chi connectivity index (χ2v) is 7.35. The number of hydrogen-bond donors (Lipinski definition) is 4. The number of aromatic nitrogens is 1. The number of amidine groups is 1. The summed E-state index contributed by atoms with van der Waals surface area (Å²) in [5.74, 6) is -0.354. The zero-order chi connectivity index (χ0) is 22.9. The highest BCUT2D eigenvalue weighted by Crippen LogP contribution is 2.26. The molecule has 0 fully saturated rings. The second-order valence-electron chi connectivity index (χ2n) is 7.35. The van der Waals surface area contributed by atoms with Crippen molar-refractivity contribution in [2.75, 3.05) is 17.2 Å². The largest absolute Gasteiger partial charge is 0.464 e. The van der Waals surface area contributed by atoms with Crippen LogP contribution in [-0.2, 0) is 22.5 Å². The van der Waals surface area contributed by atoms with Crippen molar-refractivity contribution in [3.63, 3.8) is 0 Å². The summed E-state index contributed by atoms with van der Waals surface area (Å²) in [6, 6.07) is 16.4. The highest BCUT2D eigenvalue weighted by atomic mass is 16.5. The molecule has 1 unspecified atom stereocenters. The molecule has 2 aromatic carbocycles. The molecule has 166 valence electrons. The number of ether oxygens (including phenoxy) is 1. The van der Waals surface area contributed by atoms with Crippen LogP contribution >= 0.6 is 0 Å². The van der Waals surface area contributed by atoms with Gasteiger partial charge in [0.15, 0.2) is 6.04 Å².